The van der Waals surface area contributed by atoms with Gasteiger partial charge < -0.3 is 14.5 Å². The zero-order valence-electron chi connectivity index (χ0n) is 20.2. The van der Waals surface area contributed by atoms with E-state index in [2.05, 4.69) is 24.8 Å². The number of hydrogen-bond donors (Lipinski definition) is 0. The van der Waals surface area contributed by atoms with E-state index in [9.17, 15) is 4.79 Å². The van der Waals surface area contributed by atoms with Gasteiger partial charge in [0.05, 0.1) is 11.0 Å². The Kier molecular flexibility index (Phi) is 7.60. The van der Waals surface area contributed by atoms with E-state index in [1.54, 1.807) is 11.2 Å². The van der Waals surface area contributed by atoms with Crippen molar-refractivity contribution in [1.29, 1.82) is 0 Å². The number of carbonyl (C=O) groups is 1. The van der Waals surface area contributed by atoms with Gasteiger partial charge in [-0.1, -0.05) is 35.9 Å². The molecule has 1 saturated heterocycles. The second kappa shape index (κ2) is 10.8. The summed E-state index contributed by atoms with van der Waals surface area (Å²) in [5.74, 6) is 0.937. The maximum atomic E-state index is 12.3. The highest BCUT2D eigenvalue weighted by Gasteiger charge is 2.25. The first-order chi connectivity index (χ1) is 16.8. The third-order valence-corrected chi connectivity index (χ3v) is 5.76. The lowest BCUT2D eigenvalue weighted by Gasteiger charge is -2.26. The predicted octanol–water partition coefficient (Wildman–Crippen LogP) is 5.36. The van der Waals surface area contributed by atoms with Crippen LogP contribution in [0.2, 0.25) is 5.15 Å². The highest BCUT2D eigenvalue weighted by Crippen LogP contribution is 2.24. The van der Waals surface area contributed by atoms with Gasteiger partial charge in [-0.15, -0.1) is 0 Å². The molecule has 0 atom stereocenters. The number of para-hydroxylation sites is 2. The molecule has 0 bridgehead atoms. The van der Waals surface area contributed by atoms with Gasteiger partial charge in [0.25, 0.3) is 0 Å². The number of halogens is 1. The minimum atomic E-state index is -0.466. The van der Waals surface area contributed by atoms with Gasteiger partial charge in [-0.25, -0.2) is 24.7 Å². The van der Waals surface area contributed by atoms with Crippen LogP contribution in [0.5, 0.6) is 0 Å². The molecule has 2 aromatic carbocycles. The number of aromatic nitrogens is 4. The first-order valence-electron chi connectivity index (χ1n) is 11.6. The largest absolute Gasteiger partial charge is 0.444 e. The van der Waals surface area contributed by atoms with E-state index in [1.165, 1.54) is 6.33 Å². The summed E-state index contributed by atoms with van der Waals surface area (Å²) in [4.78, 5) is 33.0. The zero-order chi connectivity index (χ0) is 24.8. The molecule has 1 fully saturated rings. The maximum absolute atomic E-state index is 12.3. The smallest absolute Gasteiger partial charge is 0.410 e. The van der Waals surface area contributed by atoms with Crippen molar-refractivity contribution >= 4 is 45.3 Å². The van der Waals surface area contributed by atoms with Gasteiger partial charge in [-0.05, 0) is 51.5 Å². The molecule has 0 radical (unpaired) electrons. The molecule has 0 spiro atoms. The third kappa shape index (κ3) is 6.33. The van der Waals surface area contributed by atoms with Crippen molar-refractivity contribution in [2.24, 2.45) is 0 Å². The number of hydrogen-bond acceptors (Lipinski definition) is 7. The molecule has 0 saturated carbocycles. The summed E-state index contributed by atoms with van der Waals surface area (Å²) in [5.41, 5.74) is 1.36. The monoisotopic (exact) mass is 492 g/mol. The molecule has 3 heterocycles. The van der Waals surface area contributed by atoms with Gasteiger partial charge in [0.15, 0.2) is 0 Å². The van der Waals surface area contributed by atoms with Crippen molar-refractivity contribution < 1.29 is 9.53 Å². The number of rotatable bonds is 1. The molecule has 0 aliphatic carbocycles. The van der Waals surface area contributed by atoms with Gasteiger partial charge in [0.2, 0.25) is 0 Å². The second-order valence-corrected chi connectivity index (χ2v) is 9.56. The first kappa shape index (κ1) is 24.6. The van der Waals surface area contributed by atoms with Crippen molar-refractivity contribution in [3.05, 3.63) is 66.3 Å². The standard InChI is InChI=1S/C18H24N4O2.C8H5ClN2/c1-18(2,3)24-17(23)22-10-6-9-21(11-12-22)16-14-7-4-5-8-15(14)19-13-20-16;9-8-6-3-1-2-4-7(6)10-5-11-8/h4-5,7-8,13H,6,9-12H2,1-3H3;1-5H. The van der Waals surface area contributed by atoms with E-state index < -0.39 is 5.60 Å². The number of carbonyl (C=O) groups excluding carboxylic acids is 1. The van der Waals surface area contributed by atoms with Gasteiger partial charge in [0.1, 0.15) is 29.2 Å². The fourth-order valence-corrected chi connectivity index (χ4v) is 4.06. The highest BCUT2D eigenvalue weighted by atomic mass is 35.5. The lowest BCUT2D eigenvalue weighted by molar-refractivity contribution is 0.0263. The molecular formula is C26H29ClN6O2. The SMILES string of the molecule is CC(C)(C)OC(=O)N1CCCN(c2ncnc3ccccc23)CC1.Clc1ncnc2ccccc12. The van der Waals surface area contributed by atoms with Gasteiger partial charge in [0, 0.05) is 37.0 Å². The molecule has 2 aromatic heterocycles. The fraction of sp³-hybridized carbons (Fsp3) is 0.346. The Morgan fingerprint density at radius 1 is 0.829 bits per heavy atom. The van der Waals surface area contributed by atoms with Crippen LogP contribution in [0.4, 0.5) is 10.6 Å². The van der Waals surface area contributed by atoms with Crippen molar-refractivity contribution in [3.63, 3.8) is 0 Å². The van der Waals surface area contributed by atoms with Crippen molar-refractivity contribution in [3.8, 4) is 0 Å². The van der Waals surface area contributed by atoms with Crippen molar-refractivity contribution in [2.45, 2.75) is 32.8 Å². The van der Waals surface area contributed by atoms with Gasteiger partial charge >= 0.3 is 6.09 Å². The van der Waals surface area contributed by atoms with E-state index in [0.717, 1.165) is 47.1 Å². The number of amides is 1. The van der Waals surface area contributed by atoms with Crippen LogP contribution in [0.15, 0.2) is 61.2 Å². The molecule has 9 heteroatoms. The molecule has 1 aliphatic heterocycles. The van der Waals surface area contributed by atoms with Crippen LogP contribution < -0.4 is 4.90 Å². The van der Waals surface area contributed by atoms with Crippen LogP contribution in [0.1, 0.15) is 27.2 Å². The van der Waals surface area contributed by atoms with Crippen molar-refractivity contribution in [1.82, 2.24) is 24.8 Å². The number of ether oxygens (including phenoxy) is 1. The summed E-state index contributed by atoms with van der Waals surface area (Å²) in [6, 6.07) is 15.7. The molecule has 0 unspecified atom stereocenters. The Morgan fingerprint density at radius 3 is 2.14 bits per heavy atom. The Morgan fingerprint density at radius 2 is 1.46 bits per heavy atom. The van der Waals surface area contributed by atoms with E-state index in [4.69, 9.17) is 16.3 Å². The minimum absolute atomic E-state index is 0.239. The normalized spacial score (nSPS) is 14.3. The molecule has 182 valence electrons. The Labute approximate surface area is 209 Å². The molecule has 8 nitrogen and oxygen atoms in total. The number of benzene rings is 2. The Bertz CT molecular complexity index is 1300. The molecule has 1 amide bonds. The fourth-order valence-electron chi connectivity index (χ4n) is 3.85. The number of anilines is 1. The van der Waals surface area contributed by atoms with Crippen LogP contribution in [-0.4, -0.2) is 62.7 Å². The van der Waals surface area contributed by atoms with Crippen molar-refractivity contribution in [2.75, 3.05) is 31.1 Å². The van der Waals surface area contributed by atoms with Gasteiger partial charge in [-0.2, -0.15) is 0 Å². The van der Waals surface area contributed by atoms with Crippen LogP contribution in [0, 0.1) is 0 Å². The lowest BCUT2D eigenvalue weighted by Crippen LogP contribution is -2.39. The molecule has 0 N–H and O–H groups in total. The maximum Gasteiger partial charge on any atom is 0.410 e. The lowest BCUT2D eigenvalue weighted by atomic mass is 10.2. The molecule has 1 aliphatic rings. The quantitative estimate of drug-likeness (QED) is 0.330. The summed E-state index contributed by atoms with van der Waals surface area (Å²) in [7, 11) is 0. The molecule has 4 aromatic rings. The van der Waals surface area contributed by atoms with E-state index in [1.807, 2.05) is 69.3 Å². The van der Waals surface area contributed by atoms with E-state index >= 15 is 0 Å². The average molecular weight is 493 g/mol. The summed E-state index contributed by atoms with van der Waals surface area (Å²) in [6.45, 7) is 8.61. The number of fused-ring (bicyclic) bond motifs is 2. The van der Waals surface area contributed by atoms with Crippen LogP contribution >= 0.6 is 11.6 Å². The molecule has 5 rings (SSSR count). The topological polar surface area (TPSA) is 84.3 Å². The summed E-state index contributed by atoms with van der Waals surface area (Å²) >= 11 is 5.81. The van der Waals surface area contributed by atoms with Crippen LogP contribution in [0.25, 0.3) is 21.8 Å². The summed E-state index contributed by atoms with van der Waals surface area (Å²) < 4.78 is 5.49. The van der Waals surface area contributed by atoms with E-state index in [-0.39, 0.29) is 6.09 Å². The van der Waals surface area contributed by atoms with Crippen LogP contribution in [-0.2, 0) is 4.74 Å². The summed E-state index contributed by atoms with van der Waals surface area (Å²) in [5, 5.41) is 2.46. The summed E-state index contributed by atoms with van der Waals surface area (Å²) in [6.07, 6.45) is 3.72. The minimum Gasteiger partial charge on any atom is -0.444 e. The van der Waals surface area contributed by atoms with Crippen LogP contribution in [0.3, 0.4) is 0 Å². The Balaban J connectivity index is 0.000000218. The Hall–Kier alpha value is -3.52. The number of nitrogens with zero attached hydrogens (tertiary/aromatic N) is 6. The average Bonchev–Trinajstić information content (AvgIpc) is 3.10. The molecular weight excluding hydrogens is 464 g/mol. The first-order valence-corrected chi connectivity index (χ1v) is 12.0. The zero-order valence-corrected chi connectivity index (χ0v) is 20.9. The second-order valence-electron chi connectivity index (χ2n) is 9.20. The van der Waals surface area contributed by atoms with Gasteiger partial charge in [-0.3, -0.25) is 0 Å². The third-order valence-electron chi connectivity index (χ3n) is 5.46. The molecule has 35 heavy (non-hydrogen) atoms. The predicted molar refractivity (Wildman–Crippen MR) is 139 cm³/mol. The van der Waals surface area contributed by atoms with E-state index in [0.29, 0.717) is 18.2 Å². The highest BCUT2D eigenvalue weighted by molar-refractivity contribution is 6.33.